The van der Waals surface area contributed by atoms with E-state index < -0.39 is 0 Å². The summed E-state index contributed by atoms with van der Waals surface area (Å²) < 4.78 is 5.30. The summed E-state index contributed by atoms with van der Waals surface area (Å²) in [6, 6.07) is 18.1. The second-order valence-electron chi connectivity index (χ2n) is 7.09. The number of benzene rings is 2. The van der Waals surface area contributed by atoms with Crippen LogP contribution in [0, 0.1) is 5.92 Å². The monoisotopic (exact) mass is 351 g/mol. The second-order valence-corrected chi connectivity index (χ2v) is 7.09. The van der Waals surface area contributed by atoms with Crippen molar-refractivity contribution in [2.75, 3.05) is 20.2 Å². The van der Waals surface area contributed by atoms with Gasteiger partial charge in [-0.25, -0.2) is 0 Å². The van der Waals surface area contributed by atoms with E-state index in [1.807, 2.05) is 42.5 Å². The summed E-state index contributed by atoms with van der Waals surface area (Å²) in [6.07, 6.45) is 4.57. The highest BCUT2D eigenvalue weighted by atomic mass is 16.5. The van der Waals surface area contributed by atoms with Crippen LogP contribution in [-0.2, 0) is 0 Å². The van der Waals surface area contributed by atoms with E-state index in [2.05, 4.69) is 24.0 Å². The number of nitrogens with zero attached hydrogens (tertiary/aromatic N) is 1. The topological polar surface area (TPSA) is 29.5 Å². The fraction of sp³-hybridized carbons (Fsp3) is 0.435. The average Bonchev–Trinajstić information content (AvgIpc) is 3.12. The molecule has 2 aromatic carbocycles. The summed E-state index contributed by atoms with van der Waals surface area (Å²) in [5, 5.41) is 0. The molecule has 0 saturated carbocycles. The quantitative estimate of drug-likeness (QED) is 0.488. The smallest absolute Gasteiger partial charge is 0.167 e. The largest absolute Gasteiger partial charge is 0.497 e. The van der Waals surface area contributed by atoms with Crippen molar-refractivity contribution in [2.24, 2.45) is 5.92 Å². The minimum Gasteiger partial charge on any atom is -0.497 e. The third-order valence-electron chi connectivity index (χ3n) is 5.40. The second kappa shape index (κ2) is 9.00. The van der Waals surface area contributed by atoms with Crippen molar-refractivity contribution < 1.29 is 9.53 Å². The Hall–Kier alpha value is -2.13. The van der Waals surface area contributed by atoms with E-state index in [1.165, 1.54) is 24.8 Å². The van der Waals surface area contributed by atoms with Crippen molar-refractivity contribution in [1.82, 2.24) is 4.90 Å². The minimum atomic E-state index is 0.0208. The molecule has 0 amide bonds. The number of likely N-dealkylation sites (tertiary alicyclic amines) is 1. The molecule has 1 fully saturated rings. The maximum absolute atomic E-state index is 13.2. The molecule has 3 heteroatoms. The molecule has 2 atom stereocenters. The maximum Gasteiger partial charge on any atom is 0.167 e. The number of ether oxygens (including phenoxy) is 1. The molecule has 3 rings (SSSR count). The number of unbranched alkanes of at least 4 members (excludes halogenated alkanes) is 2. The average molecular weight is 351 g/mol. The lowest BCUT2D eigenvalue weighted by atomic mass is 9.87. The predicted molar refractivity (Wildman–Crippen MR) is 106 cm³/mol. The van der Waals surface area contributed by atoms with Gasteiger partial charge in [0.15, 0.2) is 5.78 Å². The Balaban J connectivity index is 1.85. The van der Waals surface area contributed by atoms with Gasteiger partial charge in [0.1, 0.15) is 5.75 Å². The Bertz CT molecular complexity index is 696. The standard InChI is InChI=1S/C23H29NO2/c1-3-4-8-16-24-17-15-21(23(25)19-9-6-5-7-10-19)22(24)18-11-13-20(26-2)14-12-18/h5-7,9-14,21-22H,3-4,8,15-17H2,1-2H3/t21-,22-/m0/s1. The fourth-order valence-electron chi connectivity index (χ4n) is 4.01. The number of rotatable bonds is 8. The van der Waals surface area contributed by atoms with Crippen LogP contribution in [0.5, 0.6) is 5.75 Å². The number of hydrogen-bond acceptors (Lipinski definition) is 3. The van der Waals surface area contributed by atoms with E-state index in [0.717, 1.165) is 30.8 Å². The van der Waals surface area contributed by atoms with E-state index >= 15 is 0 Å². The van der Waals surface area contributed by atoms with Crippen molar-refractivity contribution in [1.29, 1.82) is 0 Å². The van der Waals surface area contributed by atoms with Crippen LogP contribution in [0.4, 0.5) is 0 Å². The van der Waals surface area contributed by atoms with Crippen LogP contribution in [0.15, 0.2) is 54.6 Å². The first kappa shape index (κ1) is 18.7. The molecule has 2 aromatic rings. The summed E-state index contributed by atoms with van der Waals surface area (Å²) in [4.78, 5) is 15.7. The molecule has 0 unspecified atom stereocenters. The van der Waals surface area contributed by atoms with Gasteiger partial charge in [0, 0.05) is 17.5 Å². The van der Waals surface area contributed by atoms with Crippen LogP contribution in [-0.4, -0.2) is 30.9 Å². The summed E-state index contributed by atoms with van der Waals surface area (Å²) in [7, 11) is 1.68. The third kappa shape index (κ3) is 4.16. The van der Waals surface area contributed by atoms with Gasteiger partial charge < -0.3 is 4.74 Å². The highest BCUT2D eigenvalue weighted by Crippen LogP contribution is 2.39. The van der Waals surface area contributed by atoms with E-state index in [0.29, 0.717) is 0 Å². The van der Waals surface area contributed by atoms with Crippen molar-refractivity contribution >= 4 is 5.78 Å². The first-order valence-electron chi connectivity index (χ1n) is 9.72. The van der Waals surface area contributed by atoms with E-state index in [4.69, 9.17) is 4.74 Å². The highest BCUT2D eigenvalue weighted by Gasteiger charge is 2.39. The number of hydrogen-bond donors (Lipinski definition) is 0. The lowest BCUT2D eigenvalue weighted by Gasteiger charge is -2.28. The van der Waals surface area contributed by atoms with Crippen molar-refractivity contribution in [3.8, 4) is 5.75 Å². The molecule has 0 aliphatic carbocycles. The molecule has 0 aromatic heterocycles. The van der Waals surface area contributed by atoms with Gasteiger partial charge in [0.05, 0.1) is 7.11 Å². The van der Waals surface area contributed by atoms with Crippen molar-refractivity contribution in [3.63, 3.8) is 0 Å². The molecule has 3 nitrogen and oxygen atoms in total. The predicted octanol–water partition coefficient (Wildman–Crippen LogP) is 5.13. The number of Topliss-reactive ketones (excluding diaryl/α,β-unsaturated/α-hetero) is 1. The zero-order valence-corrected chi connectivity index (χ0v) is 15.9. The molecule has 0 radical (unpaired) electrons. The van der Waals surface area contributed by atoms with Gasteiger partial charge in [-0.1, -0.05) is 62.2 Å². The van der Waals surface area contributed by atoms with Gasteiger partial charge in [-0.05, 0) is 43.6 Å². The summed E-state index contributed by atoms with van der Waals surface area (Å²) in [5.41, 5.74) is 2.04. The highest BCUT2D eigenvalue weighted by molar-refractivity contribution is 5.98. The summed E-state index contributed by atoms with van der Waals surface area (Å²) >= 11 is 0. The van der Waals surface area contributed by atoms with Crippen LogP contribution in [0.2, 0.25) is 0 Å². The van der Waals surface area contributed by atoms with Crippen molar-refractivity contribution in [3.05, 3.63) is 65.7 Å². The van der Waals surface area contributed by atoms with Crippen LogP contribution in [0.25, 0.3) is 0 Å². The normalized spacial score (nSPS) is 20.2. The zero-order valence-electron chi connectivity index (χ0n) is 15.9. The molecule has 0 spiro atoms. The van der Waals surface area contributed by atoms with Crippen LogP contribution in [0.3, 0.4) is 0 Å². The molecule has 0 bridgehead atoms. The van der Waals surface area contributed by atoms with E-state index in [1.54, 1.807) is 7.11 Å². The Kier molecular flexibility index (Phi) is 6.45. The Labute approximate surface area is 157 Å². The van der Waals surface area contributed by atoms with Gasteiger partial charge in [-0.15, -0.1) is 0 Å². The van der Waals surface area contributed by atoms with Gasteiger partial charge in [0.25, 0.3) is 0 Å². The molecule has 26 heavy (non-hydrogen) atoms. The molecular weight excluding hydrogens is 322 g/mol. The number of carbonyl (C=O) groups is 1. The summed E-state index contributed by atoms with van der Waals surface area (Å²) in [5.74, 6) is 1.15. The Morgan fingerprint density at radius 3 is 2.46 bits per heavy atom. The lowest BCUT2D eigenvalue weighted by molar-refractivity contribution is 0.0881. The van der Waals surface area contributed by atoms with Crippen LogP contribution < -0.4 is 4.74 Å². The minimum absolute atomic E-state index is 0.0208. The van der Waals surface area contributed by atoms with Crippen molar-refractivity contribution in [2.45, 2.75) is 38.6 Å². The fourth-order valence-corrected chi connectivity index (χ4v) is 4.01. The first-order chi connectivity index (χ1) is 12.7. The maximum atomic E-state index is 13.2. The molecule has 1 heterocycles. The third-order valence-corrected chi connectivity index (χ3v) is 5.40. The number of carbonyl (C=O) groups excluding carboxylic acids is 1. The van der Waals surface area contributed by atoms with Crippen LogP contribution in [0.1, 0.15) is 54.6 Å². The number of ketones is 1. The molecular formula is C23H29NO2. The number of methoxy groups -OCH3 is 1. The molecule has 1 aliphatic rings. The molecule has 138 valence electrons. The zero-order chi connectivity index (χ0) is 18.4. The molecule has 0 N–H and O–H groups in total. The molecule has 1 saturated heterocycles. The van der Waals surface area contributed by atoms with Crippen LogP contribution >= 0.6 is 0 Å². The van der Waals surface area contributed by atoms with Gasteiger partial charge in [-0.2, -0.15) is 0 Å². The summed E-state index contributed by atoms with van der Waals surface area (Å²) in [6.45, 7) is 4.28. The van der Waals surface area contributed by atoms with Gasteiger partial charge in [0.2, 0.25) is 0 Å². The molecule has 1 aliphatic heterocycles. The first-order valence-corrected chi connectivity index (χ1v) is 9.72. The van der Waals surface area contributed by atoms with E-state index in [9.17, 15) is 4.79 Å². The van der Waals surface area contributed by atoms with E-state index in [-0.39, 0.29) is 17.7 Å². The Morgan fingerprint density at radius 2 is 1.81 bits per heavy atom. The van der Waals surface area contributed by atoms with Gasteiger partial charge in [-0.3, -0.25) is 9.69 Å². The SMILES string of the molecule is CCCCCN1CC[C@H](C(=O)c2ccccc2)[C@@H]1c1ccc(OC)cc1. The Morgan fingerprint density at radius 1 is 1.08 bits per heavy atom. The van der Waals surface area contributed by atoms with Gasteiger partial charge >= 0.3 is 0 Å². The lowest BCUT2D eigenvalue weighted by Crippen LogP contribution is -2.29.